The van der Waals surface area contributed by atoms with Crippen LogP contribution in [0.4, 0.5) is 0 Å². The molecular formula is C25H21N7O3. The van der Waals surface area contributed by atoms with E-state index in [1.807, 2.05) is 66.7 Å². The number of para-hydroxylation sites is 1. The molecule has 2 N–H and O–H groups in total. The maximum Gasteiger partial charge on any atom is 0.336 e. The Kier molecular flexibility index (Phi) is 6.43. The van der Waals surface area contributed by atoms with Crippen molar-refractivity contribution < 1.29 is 14.3 Å². The Morgan fingerprint density at radius 1 is 1.06 bits per heavy atom. The third kappa shape index (κ3) is 5.50. The first kappa shape index (κ1) is 21.8. The fraction of sp³-hybridized carbons (Fsp3) is 0.0800. The van der Waals surface area contributed by atoms with Crippen LogP contribution in [-0.2, 0) is 11.4 Å². The zero-order chi connectivity index (χ0) is 23.9. The molecule has 0 unspecified atom stereocenters. The lowest BCUT2D eigenvalue weighted by Gasteiger charge is -2.05. The van der Waals surface area contributed by atoms with E-state index in [2.05, 4.69) is 30.6 Å². The molecule has 0 bridgehead atoms. The number of hydrogen-bond acceptors (Lipinski definition) is 7. The van der Waals surface area contributed by atoms with Crippen LogP contribution in [0.25, 0.3) is 16.6 Å². The lowest BCUT2D eigenvalue weighted by Crippen LogP contribution is -2.24. The normalized spacial score (nSPS) is 11.1. The number of H-pyrrole nitrogens is 1. The number of carbonyl (C=O) groups excluding carboxylic acids is 1. The standard InChI is InChI=1S/C25H21N7O3/c33-23(16-35-25-28-17-32(31-25)20-9-5-2-6-10-20)30-29-13-19-12-26-22-14-27-24(11-21(19)22)34-15-18-7-3-1-4-8-18/h1-14,17,26H,15-16H2,(H,30,33)/b29-13+. The number of hydrazone groups is 1. The van der Waals surface area contributed by atoms with Gasteiger partial charge in [0.1, 0.15) is 12.9 Å². The highest BCUT2D eigenvalue weighted by molar-refractivity contribution is 5.99. The molecule has 0 aliphatic carbocycles. The summed E-state index contributed by atoms with van der Waals surface area (Å²) in [6.45, 7) is 0.146. The van der Waals surface area contributed by atoms with E-state index in [1.165, 1.54) is 6.33 Å². The smallest absolute Gasteiger partial charge is 0.336 e. The van der Waals surface area contributed by atoms with Gasteiger partial charge in [-0.05, 0) is 17.7 Å². The van der Waals surface area contributed by atoms with E-state index in [9.17, 15) is 4.79 Å². The molecule has 10 heteroatoms. The van der Waals surface area contributed by atoms with Crippen LogP contribution in [0.2, 0.25) is 0 Å². The minimum atomic E-state index is -0.439. The average Bonchev–Trinajstić information content (AvgIpc) is 3.55. The summed E-state index contributed by atoms with van der Waals surface area (Å²) in [6, 6.07) is 21.3. The third-order valence-corrected chi connectivity index (χ3v) is 5.02. The van der Waals surface area contributed by atoms with Crippen LogP contribution < -0.4 is 14.9 Å². The van der Waals surface area contributed by atoms with Crippen molar-refractivity contribution in [3.05, 3.63) is 96.6 Å². The zero-order valence-corrected chi connectivity index (χ0v) is 18.5. The number of aromatic amines is 1. The Bertz CT molecular complexity index is 1450. The first-order valence-corrected chi connectivity index (χ1v) is 10.8. The number of pyridine rings is 1. The van der Waals surface area contributed by atoms with E-state index in [0.29, 0.717) is 12.5 Å². The van der Waals surface area contributed by atoms with Crippen molar-refractivity contribution in [2.45, 2.75) is 6.61 Å². The molecule has 0 aliphatic heterocycles. The Labute approximate surface area is 200 Å². The average molecular weight is 467 g/mol. The number of nitrogens with zero attached hydrogens (tertiary/aromatic N) is 5. The molecule has 10 nitrogen and oxygen atoms in total. The molecule has 0 aliphatic rings. The molecule has 0 radical (unpaired) electrons. The summed E-state index contributed by atoms with van der Waals surface area (Å²) in [5.74, 6) is 0.0566. The molecule has 0 atom stereocenters. The van der Waals surface area contributed by atoms with Crippen molar-refractivity contribution in [3.8, 4) is 17.6 Å². The predicted molar refractivity (Wildman–Crippen MR) is 129 cm³/mol. The van der Waals surface area contributed by atoms with Crippen LogP contribution in [0.5, 0.6) is 11.9 Å². The molecule has 0 saturated carbocycles. The number of benzene rings is 2. The predicted octanol–water partition coefficient (Wildman–Crippen LogP) is 3.25. The van der Waals surface area contributed by atoms with Gasteiger partial charge in [-0.2, -0.15) is 10.1 Å². The number of rotatable bonds is 9. The quantitative estimate of drug-likeness (QED) is 0.254. The monoisotopic (exact) mass is 467 g/mol. The minimum Gasteiger partial charge on any atom is -0.473 e. The second-order valence-corrected chi connectivity index (χ2v) is 7.48. The second kappa shape index (κ2) is 10.3. The summed E-state index contributed by atoms with van der Waals surface area (Å²) in [5, 5.41) is 9.08. The van der Waals surface area contributed by atoms with E-state index >= 15 is 0 Å². The Balaban J connectivity index is 1.15. The molecule has 5 rings (SSSR count). The van der Waals surface area contributed by atoms with Crippen molar-refractivity contribution in [2.24, 2.45) is 5.10 Å². The van der Waals surface area contributed by atoms with E-state index in [-0.39, 0.29) is 12.6 Å². The van der Waals surface area contributed by atoms with Gasteiger partial charge in [0.2, 0.25) is 5.88 Å². The fourth-order valence-electron chi connectivity index (χ4n) is 3.30. The summed E-state index contributed by atoms with van der Waals surface area (Å²) in [5.41, 5.74) is 5.93. The van der Waals surface area contributed by atoms with Gasteiger partial charge in [-0.15, -0.1) is 5.10 Å². The topological polar surface area (TPSA) is 119 Å². The molecule has 3 heterocycles. The van der Waals surface area contributed by atoms with Crippen LogP contribution >= 0.6 is 0 Å². The number of hydrogen-bond donors (Lipinski definition) is 2. The van der Waals surface area contributed by atoms with E-state index in [4.69, 9.17) is 9.47 Å². The SMILES string of the molecule is O=C(COc1ncn(-c2ccccc2)n1)N/N=C/c1c[nH]c2cnc(OCc3ccccc3)cc12. The molecule has 0 spiro atoms. The van der Waals surface area contributed by atoms with Gasteiger partial charge in [-0.1, -0.05) is 48.5 Å². The van der Waals surface area contributed by atoms with Gasteiger partial charge in [-0.25, -0.2) is 15.1 Å². The Morgan fingerprint density at radius 3 is 2.69 bits per heavy atom. The molecule has 0 saturated heterocycles. The summed E-state index contributed by atoms with van der Waals surface area (Å²) < 4.78 is 12.7. The summed E-state index contributed by atoms with van der Waals surface area (Å²) in [4.78, 5) is 23.6. The van der Waals surface area contributed by atoms with E-state index < -0.39 is 5.91 Å². The van der Waals surface area contributed by atoms with Crippen LogP contribution in [0, 0.1) is 0 Å². The maximum atomic E-state index is 12.1. The number of nitrogens with one attached hydrogen (secondary N) is 2. The molecule has 1 amide bonds. The number of carbonyl (C=O) groups is 1. The third-order valence-electron chi connectivity index (χ3n) is 5.02. The van der Waals surface area contributed by atoms with Crippen LogP contribution in [-0.4, -0.2) is 43.5 Å². The van der Waals surface area contributed by atoms with Gasteiger partial charge < -0.3 is 14.5 Å². The van der Waals surface area contributed by atoms with Gasteiger partial charge in [-0.3, -0.25) is 4.79 Å². The van der Waals surface area contributed by atoms with Crippen molar-refractivity contribution in [2.75, 3.05) is 6.61 Å². The lowest BCUT2D eigenvalue weighted by atomic mass is 10.2. The van der Waals surface area contributed by atoms with Crippen molar-refractivity contribution >= 4 is 23.0 Å². The van der Waals surface area contributed by atoms with Gasteiger partial charge in [0.25, 0.3) is 5.91 Å². The van der Waals surface area contributed by atoms with Crippen molar-refractivity contribution in [1.29, 1.82) is 0 Å². The number of ether oxygens (including phenoxy) is 2. The largest absolute Gasteiger partial charge is 0.473 e. The van der Waals surface area contributed by atoms with Crippen LogP contribution in [0.3, 0.4) is 0 Å². The number of aromatic nitrogens is 5. The zero-order valence-electron chi connectivity index (χ0n) is 18.5. The lowest BCUT2D eigenvalue weighted by molar-refractivity contribution is -0.123. The van der Waals surface area contributed by atoms with Gasteiger partial charge >= 0.3 is 6.01 Å². The molecule has 3 aromatic heterocycles. The second-order valence-electron chi connectivity index (χ2n) is 7.48. The van der Waals surface area contributed by atoms with Gasteiger partial charge in [0, 0.05) is 23.2 Å². The summed E-state index contributed by atoms with van der Waals surface area (Å²) in [6.07, 6.45) is 6.53. The molecule has 0 fully saturated rings. The first-order chi connectivity index (χ1) is 17.2. The highest BCUT2D eigenvalue weighted by Gasteiger charge is 2.08. The number of fused-ring (bicyclic) bond motifs is 1. The van der Waals surface area contributed by atoms with Crippen LogP contribution in [0.15, 0.2) is 90.6 Å². The Hall–Kier alpha value is -4.99. The minimum absolute atomic E-state index is 0.0974. The molecule has 35 heavy (non-hydrogen) atoms. The van der Waals surface area contributed by atoms with E-state index in [0.717, 1.165) is 27.7 Å². The van der Waals surface area contributed by atoms with Crippen LogP contribution in [0.1, 0.15) is 11.1 Å². The highest BCUT2D eigenvalue weighted by Crippen LogP contribution is 2.21. The molecule has 2 aromatic carbocycles. The van der Waals surface area contributed by atoms with Gasteiger partial charge in [0.05, 0.1) is 23.6 Å². The summed E-state index contributed by atoms with van der Waals surface area (Å²) in [7, 11) is 0. The maximum absolute atomic E-state index is 12.1. The molecule has 5 aromatic rings. The molecule has 174 valence electrons. The van der Waals surface area contributed by atoms with E-state index in [1.54, 1.807) is 23.3 Å². The Morgan fingerprint density at radius 2 is 1.86 bits per heavy atom. The molecular weight excluding hydrogens is 446 g/mol. The van der Waals surface area contributed by atoms with Crippen molar-refractivity contribution in [1.82, 2.24) is 30.2 Å². The summed E-state index contributed by atoms with van der Waals surface area (Å²) >= 11 is 0. The van der Waals surface area contributed by atoms with Crippen molar-refractivity contribution in [3.63, 3.8) is 0 Å². The first-order valence-electron chi connectivity index (χ1n) is 10.8. The highest BCUT2D eigenvalue weighted by atomic mass is 16.5. The fourth-order valence-corrected chi connectivity index (χ4v) is 3.30. The number of amides is 1. The van der Waals surface area contributed by atoms with Gasteiger partial charge in [0.15, 0.2) is 6.61 Å².